The van der Waals surface area contributed by atoms with Crippen LogP contribution >= 0.6 is 21.6 Å². The van der Waals surface area contributed by atoms with Gasteiger partial charge in [0.15, 0.2) is 0 Å². The van der Waals surface area contributed by atoms with Gasteiger partial charge in [0, 0.05) is 51.0 Å². The lowest BCUT2D eigenvalue weighted by Crippen LogP contribution is -2.67. The lowest BCUT2D eigenvalue weighted by atomic mass is 9.55. The number of nitrogens with zero attached hydrogens (tertiary/aromatic N) is 2. The number of rotatable bonds is 38. The summed E-state index contributed by atoms with van der Waals surface area (Å²) < 4.78 is 165. The summed E-state index contributed by atoms with van der Waals surface area (Å²) >= 11 is 0. The van der Waals surface area contributed by atoms with Crippen molar-refractivity contribution in [2.24, 2.45) is 23.2 Å². The van der Waals surface area contributed by atoms with E-state index in [2.05, 4.69) is 103 Å². The van der Waals surface area contributed by atoms with E-state index in [1.807, 2.05) is 58.0 Å². The van der Waals surface area contributed by atoms with Crippen molar-refractivity contribution in [1.82, 2.24) is 9.80 Å². The minimum absolute atomic E-state index is 0.271. The molecule has 0 radical (unpaired) electrons. The molecule has 0 amide bonds. The lowest BCUT2D eigenvalue weighted by molar-refractivity contribution is -0.457. The van der Waals surface area contributed by atoms with Crippen molar-refractivity contribution >= 4 is 21.6 Å². The van der Waals surface area contributed by atoms with Gasteiger partial charge in [0.25, 0.3) is 0 Å². The summed E-state index contributed by atoms with van der Waals surface area (Å²) in [4.78, 5) is 4.65. The average molecular weight is 1290 g/mol. The summed E-state index contributed by atoms with van der Waals surface area (Å²) in [5, 5.41) is 0. The Morgan fingerprint density at radius 3 is 1.70 bits per heavy atom. The van der Waals surface area contributed by atoms with Gasteiger partial charge in [0.1, 0.15) is 29.5 Å². The molecule has 10 nitrogen and oxygen atoms in total. The van der Waals surface area contributed by atoms with Gasteiger partial charge in [-0.1, -0.05) is 103 Å². The second kappa shape index (κ2) is 33.6. The summed E-state index contributed by atoms with van der Waals surface area (Å²) in [6, 6.07) is 33.2. The highest BCUT2D eigenvalue weighted by Gasteiger charge is 2.85. The van der Waals surface area contributed by atoms with E-state index < -0.39 is 42.8 Å². The molecule has 492 valence electrons. The van der Waals surface area contributed by atoms with Gasteiger partial charge in [-0.3, -0.25) is 0 Å². The van der Waals surface area contributed by atoms with Crippen molar-refractivity contribution in [3.63, 3.8) is 0 Å². The first-order valence-corrected chi connectivity index (χ1v) is 33.5. The van der Waals surface area contributed by atoms with Crippen LogP contribution in [0, 0.1) is 23.2 Å². The molecule has 0 bridgehead atoms. The molecule has 3 aliphatic rings. The molecule has 4 aromatic carbocycles. The number of fused-ring (bicyclic) bond motifs is 5. The highest BCUT2D eigenvalue weighted by Crippen LogP contribution is 2.62. The lowest BCUT2D eigenvalue weighted by Gasteiger charge is -2.50. The van der Waals surface area contributed by atoms with E-state index in [4.69, 9.17) is 33.2 Å². The zero-order valence-electron chi connectivity index (χ0n) is 51.9. The summed E-state index contributed by atoms with van der Waals surface area (Å²) in [5.74, 6) is 5.66. The first kappa shape index (κ1) is 71.5. The molecule has 2 saturated carbocycles. The highest BCUT2D eigenvalue weighted by molar-refractivity contribution is 8.76. The minimum atomic E-state index is -6.75. The molecule has 0 heterocycles. The minimum Gasteiger partial charge on any atom is -0.497 e. The van der Waals surface area contributed by atoms with Crippen LogP contribution in [-0.4, -0.2) is 159 Å². The number of hydrogen-bond donors (Lipinski definition) is 0. The van der Waals surface area contributed by atoms with Crippen LogP contribution in [0.3, 0.4) is 0 Å². The Balaban J connectivity index is 0.679. The van der Waals surface area contributed by atoms with Gasteiger partial charge in [-0.05, 0) is 185 Å². The van der Waals surface area contributed by atoms with E-state index >= 15 is 0 Å². The fourth-order valence-electron chi connectivity index (χ4n) is 13.3. The average Bonchev–Trinajstić information content (AvgIpc) is 1.10. The SMILES string of the molecule is COc1ccc(C(OCC(C)CCCCN(C)CCCOCCSSCCOCCCN(C)CCOc2ccc3c(c2)CC[C@@H]2[C@@H]3CC[C@]3(C)[C@@H](OCCCOC(C(F)(F)F)(C(F)(F)F)C(F)(F)F)CC[C@@H]23)(c2ccccc2)c2ccc(OC)cc2)cc1. The third-order valence-electron chi connectivity index (χ3n) is 18.1. The van der Waals surface area contributed by atoms with Crippen LogP contribution in [-0.2, 0) is 35.7 Å². The number of unbranched alkanes of at least 4 members (excludes halogenated alkanes) is 1. The molecule has 1 unspecified atom stereocenters. The fraction of sp³-hybridized carbons (Fsp3) is 0.642. The largest absolute Gasteiger partial charge is 0.497 e. The van der Waals surface area contributed by atoms with Gasteiger partial charge in [-0.25, -0.2) is 0 Å². The second-order valence-electron chi connectivity index (χ2n) is 24.1. The van der Waals surface area contributed by atoms with Crippen LogP contribution in [0.2, 0.25) is 0 Å². The maximum absolute atomic E-state index is 13.3. The molecule has 0 aromatic heterocycles. The maximum atomic E-state index is 13.3. The quantitative estimate of drug-likeness (QED) is 0.0186. The van der Waals surface area contributed by atoms with E-state index in [1.165, 1.54) is 11.1 Å². The molecule has 2 fully saturated rings. The van der Waals surface area contributed by atoms with Gasteiger partial charge in [-0.15, -0.1) is 0 Å². The summed E-state index contributed by atoms with van der Waals surface area (Å²) in [6.07, 6.45) is -10.8. The molecular formula is C67H91F9N2O8S2. The van der Waals surface area contributed by atoms with Gasteiger partial charge in [0.2, 0.25) is 0 Å². The van der Waals surface area contributed by atoms with E-state index in [0.717, 1.165) is 149 Å². The van der Waals surface area contributed by atoms with Crippen molar-refractivity contribution in [2.75, 3.05) is 119 Å². The van der Waals surface area contributed by atoms with Crippen LogP contribution in [0.15, 0.2) is 97.1 Å². The van der Waals surface area contributed by atoms with Crippen LogP contribution in [0.1, 0.15) is 118 Å². The summed E-state index contributed by atoms with van der Waals surface area (Å²) in [5.41, 5.74) is -1.62. The smallest absolute Gasteiger partial charge is 0.435 e. The molecule has 88 heavy (non-hydrogen) atoms. The standard InChI is InChI=1S/C67H91F9N2O8S2/c1-49(48-86-63(51-16-8-7-9-17-51,52-19-23-54(79-5)24-20-52)53-21-25-55(80-6)26-22-53)15-10-11-34-77(3)35-12-38-81-43-45-87-88-46-44-82-39-13-36-78(4)37-42-83-56-27-29-57-50(47-56)18-28-59-58(57)32-33-62(2)60(59)30-31-61(62)84-40-14-41-85-64(65(68,69)70,66(71,72)73)67(74,75)76/h7-9,16-17,19-27,29,47,49,58-61H,10-15,18,28,30-46,48H2,1-6H3/t49?,58-,59-,60+,61+,62+/m1/s1. The van der Waals surface area contributed by atoms with Crippen molar-refractivity contribution in [3.8, 4) is 17.2 Å². The van der Waals surface area contributed by atoms with Crippen LogP contribution in [0.25, 0.3) is 0 Å². The molecule has 0 aliphatic heterocycles. The number of benzene rings is 4. The maximum Gasteiger partial charge on any atom is 0.435 e. The van der Waals surface area contributed by atoms with E-state index in [0.29, 0.717) is 56.5 Å². The monoisotopic (exact) mass is 1290 g/mol. The Morgan fingerprint density at radius 1 is 0.568 bits per heavy atom. The summed E-state index contributed by atoms with van der Waals surface area (Å²) in [7, 11) is 11.3. The molecule has 21 heteroatoms. The van der Waals surface area contributed by atoms with E-state index in [9.17, 15) is 39.5 Å². The Hall–Kier alpha value is -3.93. The molecule has 3 aliphatic carbocycles. The van der Waals surface area contributed by atoms with Crippen molar-refractivity contribution in [3.05, 3.63) is 125 Å². The molecule has 6 atom stereocenters. The predicted molar refractivity (Wildman–Crippen MR) is 330 cm³/mol. The van der Waals surface area contributed by atoms with Crippen LogP contribution < -0.4 is 14.2 Å². The number of methoxy groups -OCH3 is 2. The van der Waals surface area contributed by atoms with Crippen LogP contribution in [0.5, 0.6) is 17.2 Å². The van der Waals surface area contributed by atoms with E-state index in [1.54, 1.807) is 14.2 Å². The number of aryl methyl sites for hydroxylation is 1. The number of likely N-dealkylation sites (N-methyl/N-ethyl adjacent to an activating group) is 1. The van der Waals surface area contributed by atoms with Crippen molar-refractivity contribution in [2.45, 2.75) is 133 Å². The van der Waals surface area contributed by atoms with Crippen molar-refractivity contribution < 1.29 is 77.4 Å². The summed E-state index contributed by atoms with van der Waals surface area (Å²) in [6.45, 7) is 10.4. The Kier molecular flexibility index (Phi) is 27.3. The van der Waals surface area contributed by atoms with Gasteiger partial charge >= 0.3 is 24.1 Å². The molecule has 7 rings (SSSR count). The van der Waals surface area contributed by atoms with Crippen molar-refractivity contribution in [1.29, 1.82) is 0 Å². The second-order valence-corrected chi connectivity index (χ2v) is 26.8. The molecule has 0 saturated heterocycles. The fourth-order valence-corrected chi connectivity index (χ4v) is 15.1. The highest BCUT2D eigenvalue weighted by atomic mass is 33.1. The predicted octanol–water partition coefficient (Wildman–Crippen LogP) is 16.0. The molecule has 0 N–H and O–H groups in total. The topological polar surface area (TPSA) is 80.3 Å². The van der Waals surface area contributed by atoms with Gasteiger partial charge < -0.3 is 47.7 Å². The number of halogens is 9. The zero-order valence-corrected chi connectivity index (χ0v) is 53.5. The third-order valence-corrected chi connectivity index (χ3v) is 20.4. The Labute approximate surface area is 523 Å². The molecule has 0 spiro atoms. The Bertz CT molecular complexity index is 2570. The third kappa shape index (κ3) is 18.4. The Morgan fingerprint density at radius 2 is 1.12 bits per heavy atom. The molecule has 4 aromatic rings. The van der Waals surface area contributed by atoms with E-state index in [-0.39, 0.29) is 18.1 Å². The number of alkyl halides is 9. The van der Waals surface area contributed by atoms with Crippen LogP contribution in [0.4, 0.5) is 39.5 Å². The number of ether oxygens (including phenoxy) is 8. The van der Waals surface area contributed by atoms with Gasteiger partial charge in [0.05, 0.1) is 46.8 Å². The first-order valence-electron chi connectivity index (χ1n) is 31.0. The first-order chi connectivity index (χ1) is 42.1. The zero-order chi connectivity index (χ0) is 63.4. The number of hydrogen-bond acceptors (Lipinski definition) is 12. The molecular weight excluding hydrogens is 1200 g/mol. The normalized spacial score (nSPS) is 20.2. The van der Waals surface area contributed by atoms with Gasteiger partial charge in [-0.2, -0.15) is 39.5 Å².